The number of hydrogen-bond acceptors (Lipinski definition) is 3. The summed E-state index contributed by atoms with van der Waals surface area (Å²) in [6, 6.07) is 6.82. The zero-order valence-electron chi connectivity index (χ0n) is 9.25. The molecular weight excluding hydrogens is 249 g/mol. The predicted octanol–water partition coefficient (Wildman–Crippen LogP) is 2.38. The predicted molar refractivity (Wildman–Crippen MR) is 56.9 cm³/mol. The molecule has 96 valence electrons. The standard InChI is InChI=1S/C11H9F3N2O2/c1-10(9(17)18,11(12,13)14)16-8-4-2-7(6-15)3-5-8/h2-5,16H,1H3,(H,17,18). The molecule has 1 aromatic carbocycles. The molecule has 0 aliphatic carbocycles. The van der Waals surface area contributed by atoms with Gasteiger partial charge in [0.15, 0.2) is 0 Å². The van der Waals surface area contributed by atoms with Gasteiger partial charge in [0.2, 0.25) is 5.54 Å². The third-order valence-electron chi connectivity index (χ3n) is 2.40. The van der Waals surface area contributed by atoms with Gasteiger partial charge in [0, 0.05) is 5.69 Å². The summed E-state index contributed by atoms with van der Waals surface area (Å²) in [5.74, 6) is -2.03. The van der Waals surface area contributed by atoms with Crippen LogP contribution < -0.4 is 5.32 Å². The van der Waals surface area contributed by atoms with Gasteiger partial charge in [-0.3, -0.25) is 0 Å². The summed E-state index contributed by atoms with van der Waals surface area (Å²) in [5, 5.41) is 19.1. The van der Waals surface area contributed by atoms with Crippen LogP contribution in [0.3, 0.4) is 0 Å². The molecular formula is C11H9F3N2O2. The second-order valence-corrected chi connectivity index (χ2v) is 3.74. The van der Waals surface area contributed by atoms with E-state index in [1.807, 2.05) is 5.32 Å². The lowest BCUT2D eigenvalue weighted by atomic mass is 10.0. The van der Waals surface area contributed by atoms with Crippen molar-refractivity contribution in [3.63, 3.8) is 0 Å². The average Bonchev–Trinajstić information content (AvgIpc) is 2.28. The molecule has 18 heavy (non-hydrogen) atoms. The summed E-state index contributed by atoms with van der Waals surface area (Å²) in [6.45, 7) is 0.535. The van der Waals surface area contributed by atoms with Crippen molar-refractivity contribution in [1.82, 2.24) is 0 Å². The third kappa shape index (κ3) is 2.53. The summed E-state index contributed by atoms with van der Waals surface area (Å²) >= 11 is 0. The summed E-state index contributed by atoms with van der Waals surface area (Å²) in [7, 11) is 0. The minimum atomic E-state index is -4.95. The van der Waals surface area contributed by atoms with Gasteiger partial charge in [-0.1, -0.05) is 0 Å². The molecule has 0 saturated heterocycles. The fraction of sp³-hybridized carbons (Fsp3) is 0.273. The maximum atomic E-state index is 12.7. The molecule has 0 amide bonds. The van der Waals surface area contributed by atoms with E-state index >= 15 is 0 Å². The molecule has 0 bridgehead atoms. The maximum absolute atomic E-state index is 12.7. The van der Waals surface area contributed by atoms with Crippen LogP contribution in [0.2, 0.25) is 0 Å². The topological polar surface area (TPSA) is 73.1 Å². The Labute approximate surface area is 101 Å². The number of halogens is 3. The molecule has 0 spiro atoms. The van der Waals surface area contributed by atoms with Crippen molar-refractivity contribution in [2.24, 2.45) is 0 Å². The maximum Gasteiger partial charge on any atom is 0.422 e. The minimum absolute atomic E-state index is 0.0313. The Balaban J connectivity index is 3.05. The van der Waals surface area contributed by atoms with Crippen LogP contribution in [0.25, 0.3) is 0 Å². The van der Waals surface area contributed by atoms with E-state index in [2.05, 4.69) is 0 Å². The number of carboxylic acid groups (broad SMARTS) is 1. The van der Waals surface area contributed by atoms with Crippen LogP contribution in [-0.4, -0.2) is 22.8 Å². The number of alkyl halides is 3. The molecule has 2 N–H and O–H groups in total. The second kappa shape index (κ2) is 4.56. The summed E-state index contributed by atoms with van der Waals surface area (Å²) in [6.07, 6.45) is -4.95. The number of carboxylic acids is 1. The SMILES string of the molecule is CC(Nc1ccc(C#N)cc1)(C(=O)O)C(F)(F)F. The summed E-state index contributed by atoms with van der Waals surface area (Å²) < 4.78 is 38.1. The Bertz CT molecular complexity index is 490. The number of aliphatic carboxylic acids is 1. The number of nitrogens with zero attached hydrogens (tertiary/aromatic N) is 1. The molecule has 4 nitrogen and oxygen atoms in total. The first-order valence-electron chi connectivity index (χ1n) is 4.79. The molecule has 1 unspecified atom stereocenters. The van der Waals surface area contributed by atoms with Crippen molar-refractivity contribution >= 4 is 11.7 Å². The number of carbonyl (C=O) groups is 1. The highest BCUT2D eigenvalue weighted by Gasteiger charge is 2.57. The monoisotopic (exact) mass is 258 g/mol. The molecule has 0 fully saturated rings. The van der Waals surface area contributed by atoms with E-state index in [9.17, 15) is 18.0 Å². The van der Waals surface area contributed by atoms with E-state index in [1.54, 1.807) is 6.07 Å². The highest BCUT2D eigenvalue weighted by Crippen LogP contribution is 2.33. The quantitative estimate of drug-likeness (QED) is 0.872. The van der Waals surface area contributed by atoms with Gasteiger partial charge in [-0.05, 0) is 31.2 Å². The van der Waals surface area contributed by atoms with E-state index in [4.69, 9.17) is 10.4 Å². The van der Waals surface area contributed by atoms with E-state index in [0.29, 0.717) is 6.92 Å². The number of nitrogens with one attached hydrogen (secondary N) is 1. The van der Waals surface area contributed by atoms with Gasteiger partial charge in [0.1, 0.15) is 0 Å². The smallest absolute Gasteiger partial charge is 0.422 e. The fourth-order valence-corrected chi connectivity index (χ4v) is 1.16. The Kier molecular flexibility index (Phi) is 3.51. The molecule has 0 aliphatic rings. The molecule has 0 aliphatic heterocycles. The minimum Gasteiger partial charge on any atom is -0.479 e. The fourth-order valence-electron chi connectivity index (χ4n) is 1.16. The van der Waals surface area contributed by atoms with Crippen molar-refractivity contribution in [1.29, 1.82) is 5.26 Å². The molecule has 1 aromatic rings. The van der Waals surface area contributed by atoms with Gasteiger partial charge in [0.25, 0.3) is 0 Å². The molecule has 0 heterocycles. The van der Waals surface area contributed by atoms with Crippen molar-refractivity contribution < 1.29 is 23.1 Å². The van der Waals surface area contributed by atoms with Crippen molar-refractivity contribution in [2.45, 2.75) is 18.6 Å². The number of hydrogen-bond donors (Lipinski definition) is 2. The van der Waals surface area contributed by atoms with E-state index < -0.39 is 17.7 Å². The van der Waals surface area contributed by atoms with Crippen LogP contribution in [0.4, 0.5) is 18.9 Å². The van der Waals surface area contributed by atoms with Crippen molar-refractivity contribution in [2.75, 3.05) is 5.32 Å². The highest BCUT2D eigenvalue weighted by atomic mass is 19.4. The molecule has 0 saturated carbocycles. The lowest BCUT2D eigenvalue weighted by molar-refractivity contribution is -0.192. The lowest BCUT2D eigenvalue weighted by Crippen LogP contribution is -2.55. The highest BCUT2D eigenvalue weighted by molar-refractivity contribution is 5.83. The van der Waals surface area contributed by atoms with Crippen molar-refractivity contribution in [3.05, 3.63) is 29.8 Å². The molecule has 0 radical (unpaired) electrons. The van der Waals surface area contributed by atoms with Gasteiger partial charge < -0.3 is 10.4 Å². The summed E-state index contributed by atoms with van der Waals surface area (Å²) in [4.78, 5) is 10.8. The van der Waals surface area contributed by atoms with Gasteiger partial charge in [0.05, 0.1) is 11.6 Å². The van der Waals surface area contributed by atoms with Crippen LogP contribution in [0.5, 0.6) is 0 Å². The Morgan fingerprint density at radius 1 is 1.33 bits per heavy atom. The van der Waals surface area contributed by atoms with Crippen LogP contribution in [0.15, 0.2) is 24.3 Å². The first-order valence-corrected chi connectivity index (χ1v) is 4.79. The number of nitriles is 1. The first kappa shape index (κ1) is 13.8. The number of benzene rings is 1. The Morgan fingerprint density at radius 2 is 1.83 bits per heavy atom. The van der Waals surface area contributed by atoms with Crippen LogP contribution in [-0.2, 0) is 4.79 Å². The van der Waals surface area contributed by atoms with E-state index in [1.165, 1.54) is 24.3 Å². The molecule has 1 rings (SSSR count). The van der Waals surface area contributed by atoms with Crippen molar-refractivity contribution in [3.8, 4) is 6.07 Å². The number of rotatable bonds is 3. The van der Waals surface area contributed by atoms with Gasteiger partial charge in [-0.25, -0.2) is 4.79 Å². The van der Waals surface area contributed by atoms with E-state index in [0.717, 1.165) is 0 Å². The zero-order chi connectivity index (χ0) is 14.0. The van der Waals surface area contributed by atoms with Crippen LogP contribution in [0.1, 0.15) is 12.5 Å². The van der Waals surface area contributed by atoms with Gasteiger partial charge in [-0.15, -0.1) is 0 Å². The Morgan fingerprint density at radius 3 is 2.17 bits per heavy atom. The molecule has 1 atom stereocenters. The van der Waals surface area contributed by atoms with Crippen LogP contribution >= 0.6 is 0 Å². The zero-order valence-corrected chi connectivity index (χ0v) is 9.25. The Hall–Kier alpha value is -2.23. The van der Waals surface area contributed by atoms with Gasteiger partial charge >= 0.3 is 12.1 Å². The molecule has 0 aromatic heterocycles. The summed E-state index contributed by atoms with van der Waals surface area (Å²) in [5.41, 5.74) is -2.85. The third-order valence-corrected chi connectivity index (χ3v) is 2.40. The second-order valence-electron chi connectivity index (χ2n) is 3.74. The van der Waals surface area contributed by atoms with E-state index in [-0.39, 0.29) is 11.3 Å². The first-order chi connectivity index (χ1) is 8.20. The normalized spacial score (nSPS) is 14.4. The lowest BCUT2D eigenvalue weighted by Gasteiger charge is -2.29. The average molecular weight is 258 g/mol. The number of anilines is 1. The van der Waals surface area contributed by atoms with Crippen LogP contribution in [0, 0.1) is 11.3 Å². The largest absolute Gasteiger partial charge is 0.479 e. The molecule has 7 heteroatoms. The van der Waals surface area contributed by atoms with Gasteiger partial charge in [-0.2, -0.15) is 18.4 Å².